The van der Waals surface area contributed by atoms with Crippen molar-refractivity contribution in [2.75, 3.05) is 12.9 Å². The van der Waals surface area contributed by atoms with Crippen molar-refractivity contribution >= 4 is 21.4 Å². The number of ketones is 2. The van der Waals surface area contributed by atoms with E-state index < -0.39 is 21.4 Å². The fraction of sp³-hybridized carbons (Fsp3) is 0.375. The van der Waals surface area contributed by atoms with Gasteiger partial charge in [-0.1, -0.05) is 0 Å². The first-order valence-corrected chi connectivity index (χ1v) is 9.05. The first kappa shape index (κ1) is 17.3. The molecule has 23 heavy (non-hydrogen) atoms. The van der Waals surface area contributed by atoms with Gasteiger partial charge in [0.15, 0.2) is 15.6 Å². The number of Topliss-reactive ketones (excluding diaryl/α,β-unsaturated/α-hetero) is 2. The predicted molar refractivity (Wildman–Crippen MR) is 81.3 cm³/mol. The largest absolute Gasteiger partial charge is 0.501 e. The van der Waals surface area contributed by atoms with E-state index in [0.29, 0.717) is 12.8 Å². The standard InChI is InChI=1S/C16H17FO5S/c1-3-22-9-13(15(18)10-4-5-10)16(19)12-7-6-11(8-14(12)17)23(2,20)21/h6-10H,3-5H2,1-2H3/b13-9-. The molecule has 0 amide bonds. The van der Waals surface area contributed by atoms with Crippen molar-refractivity contribution < 1.29 is 27.1 Å². The quantitative estimate of drug-likeness (QED) is 0.250. The van der Waals surface area contributed by atoms with Crippen LogP contribution in [0.2, 0.25) is 0 Å². The number of carbonyl (C=O) groups is 2. The molecule has 0 aliphatic heterocycles. The van der Waals surface area contributed by atoms with Gasteiger partial charge in [0.25, 0.3) is 0 Å². The van der Waals surface area contributed by atoms with Crippen LogP contribution in [0.3, 0.4) is 0 Å². The van der Waals surface area contributed by atoms with Gasteiger partial charge >= 0.3 is 0 Å². The first-order chi connectivity index (χ1) is 10.8. The average molecular weight is 340 g/mol. The zero-order valence-corrected chi connectivity index (χ0v) is 13.7. The van der Waals surface area contributed by atoms with Gasteiger partial charge in [-0.15, -0.1) is 0 Å². The van der Waals surface area contributed by atoms with E-state index in [4.69, 9.17) is 4.74 Å². The van der Waals surface area contributed by atoms with Gasteiger partial charge in [0.2, 0.25) is 5.78 Å². The van der Waals surface area contributed by atoms with E-state index in [-0.39, 0.29) is 34.3 Å². The highest BCUT2D eigenvalue weighted by Crippen LogP contribution is 2.33. The van der Waals surface area contributed by atoms with Crippen LogP contribution in [0.1, 0.15) is 30.1 Å². The molecule has 0 saturated heterocycles. The summed E-state index contributed by atoms with van der Waals surface area (Å²) in [5.41, 5.74) is -0.558. The molecular weight excluding hydrogens is 323 g/mol. The van der Waals surface area contributed by atoms with Crippen LogP contribution in [0.15, 0.2) is 34.9 Å². The maximum atomic E-state index is 14.1. The van der Waals surface area contributed by atoms with E-state index in [1.807, 2.05) is 0 Å². The molecule has 0 heterocycles. The highest BCUT2D eigenvalue weighted by Gasteiger charge is 2.35. The molecule has 0 radical (unpaired) electrons. The summed E-state index contributed by atoms with van der Waals surface area (Å²) in [6, 6.07) is 3.00. The summed E-state index contributed by atoms with van der Waals surface area (Å²) in [5.74, 6) is -2.36. The van der Waals surface area contributed by atoms with Crippen molar-refractivity contribution in [3.63, 3.8) is 0 Å². The van der Waals surface area contributed by atoms with Gasteiger partial charge in [-0.05, 0) is 38.0 Å². The number of allylic oxidation sites excluding steroid dienone is 1. The molecule has 1 aromatic rings. The van der Waals surface area contributed by atoms with Crippen LogP contribution in [0.4, 0.5) is 4.39 Å². The lowest BCUT2D eigenvalue weighted by Crippen LogP contribution is -2.17. The Labute approximate surface area is 134 Å². The van der Waals surface area contributed by atoms with Gasteiger partial charge in [0.1, 0.15) is 11.4 Å². The molecule has 0 spiro atoms. The van der Waals surface area contributed by atoms with E-state index in [2.05, 4.69) is 0 Å². The Morgan fingerprint density at radius 1 is 1.35 bits per heavy atom. The number of hydrogen-bond donors (Lipinski definition) is 0. The summed E-state index contributed by atoms with van der Waals surface area (Å²) in [6.45, 7) is 1.96. The second kappa shape index (κ2) is 6.62. The lowest BCUT2D eigenvalue weighted by molar-refractivity contribution is -0.116. The van der Waals surface area contributed by atoms with Gasteiger partial charge in [-0.2, -0.15) is 0 Å². The SMILES string of the molecule is CCO/C=C(\C(=O)c1ccc(S(C)(=O)=O)cc1F)C(=O)C1CC1. The normalized spacial score (nSPS) is 15.3. The summed E-state index contributed by atoms with van der Waals surface area (Å²) in [4.78, 5) is 24.4. The molecular formula is C16H17FO5S. The van der Waals surface area contributed by atoms with E-state index >= 15 is 0 Å². The topological polar surface area (TPSA) is 77.5 Å². The van der Waals surface area contributed by atoms with Crippen molar-refractivity contribution in [3.8, 4) is 0 Å². The summed E-state index contributed by atoms with van der Waals surface area (Å²) in [6.07, 6.45) is 3.41. The molecule has 1 aliphatic carbocycles. The van der Waals surface area contributed by atoms with E-state index in [0.717, 1.165) is 30.7 Å². The van der Waals surface area contributed by atoms with Crippen LogP contribution in [-0.2, 0) is 19.4 Å². The van der Waals surface area contributed by atoms with Crippen LogP contribution in [0.5, 0.6) is 0 Å². The number of carbonyl (C=O) groups excluding carboxylic acids is 2. The maximum absolute atomic E-state index is 14.1. The van der Waals surface area contributed by atoms with Gasteiger partial charge < -0.3 is 4.74 Å². The molecule has 0 unspecified atom stereocenters. The fourth-order valence-corrected chi connectivity index (χ4v) is 2.64. The molecule has 1 fully saturated rings. The molecule has 0 N–H and O–H groups in total. The zero-order valence-electron chi connectivity index (χ0n) is 12.8. The summed E-state index contributed by atoms with van der Waals surface area (Å²) in [7, 11) is -3.58. The van der Waals surface area contributed by atoms with Crippen molar-refractivity contribution in [3.05, 3.63) is 41.4 Å². The van der Waals surface area contributed by atoms with Gasteiger partial charge in [-0.25, -0.2) is 12.8 Å². The Hall–Kier alpha value is -2.02. The molecule has 5 nitrogen and oxygen atoms in total. The van der Waals surface area contributed by atoms with Crippen LogP contribution >= 0.6 is 0 Å². The lowest BCUT2D eigenvalue weighted by Gasteiger charge is -2.08. The lowest BCUT2D eigenvalue weighted by atomic mass is 9.98. The molecule has 7 heteroatoms. The van der Waals surface area contributed by atoms with E-state index in [1.165, 1.54) is 0 Å². The van der Waals surface area contributed by atoms with E-state index in [9.17, 15) is 22.4 Å². The van der Waals surface area contributed by atoms with Crippen molar-refractivity contribution in [1.82, 2.24) is 0 Å². The average Bonchev–Trinajstić information content (AvgIpc) is 3.30. The number of benzene rings is 1. The summed E-state index contributed by atoms with van der Waals surface area (Å²) in [5, 5.41) is 0. The molecule has 1 aliphatic rings. The second-order valence-corrected chi connectivity index (χ2v) is 7.38. The third kappa shape index (κ3) is 4.04. The van der Waals surface area contributed by atoms with Crippen LogP contribution in [0, 0.1) is 11.7 Å². The molecule has 2 rings (SSSR count). The van der Waals surface area contributed by atoms with Gasteiger partial charge in [-0.3, -0.25) is 9.59 Å². The predicted octanol–water partition coefficient (Wildman–Crippen LogP) is 2.31. The van der Waals surface area contributed by atoms with Crippen LogP contribution < -0.4 is 0 Å². The van der Waals surface area contributed by atoms with Gasteiger partial charge in [0, 0.05) is 12.2 Å². The minimum Gasteiger partial charge on any atom is -0.501 e. The molecule has 0 atom stereocenters. The molecule has 124 valence electrons. The first-order valence-electron chi connectivity index (χ1n) is 7.16. The molecule has 0 bridgehead atoms. The molecule has 1 saturated carbocycles. The highest BCUT2D eigenvalue weighted by atomic mass is 32.2. The van der Waals surface area contributed by atoms with Crippen molar-refractivity contribution in [2.24, 2.45) is 5.92 Å². The van der Waals surface area contributed by atoms with Crippen LogP contribution in [0.25, 0.3) is 0 Å². The van der Waals surface area contributed by atoms with Crippen molar-refractivity contribution in [2.45, 2.75) is 24.7 Å². The number of hydrogen-bond acceptors (Lipinski definition) is 5. The fourth-order valence-electron chi connectivity index (χ4n) is 2.01. The Kier molecular flexibility index (Phi) is 4.99. The van der Waals surface area contributed by atoms with Crippen LogP contribution in [-0.4, -0.2) is 32.8 Å². The third-order valence-electron chi connectivity index (χ3n) is 3.44. The Morgan fingerprint density at radius 3 is 2.48 bits per heavy atom. The Balaban J connectivity index is 2.38. The van der Waals surface area contributed by atoms with Gasteiger partial charge in [0.05, 0.1) is 23.3 Å². The monoisotopic (exact) mass is 340 g/mol. The second-order valence-electron chi connectivity index (χ2n) is 5.37. The maximum Gasteiger partial charge on any atom is 0.202 e. The highest BCUT2D eigenvalue weighted by molar-refractivity contribution is 7.90. The Bertz CT molecular complexity index is 776. The third-order valence-corrected chi connectivity index (χ3v) is 4.55. The van der Waals surface area contributed by atoms with Crippen molar-refractivity contribution in [1.29, 1.82) is 0 Å². The summed E-state index contributed by atoms with van der Waals surface area (Å²) >= 11 is 0. The minimum absolute atomic E-state index is 0.208. The zero-order chi connectivity index (χ0) is 17.2. The molecule has 0 aromatic heterocycles. The number of rotatable bonds is 7. The van der Waals surface area contributed by atoms with E-state index in [1.54, 1.807) is 6.92 Å². The number of halogens is 1. The summed E-state index contributed by atoms with van der Waals surface area (Å²) < 4.78 is 42.0. The minimum atomic E-state index is -3.58. The smallest absolute Gasteiger partial charge is 0.202 e. The number of ether oxygens (including phenoxy) is 1. The number of sulfone groups is 1. The molecule has 1 aromatic carbocycles. The Morgan fingerprint density at radius 2 is 2.00 bits per heavy atom.